The van der Waals surface area contributed by atoms with Gasteiger partial charge in [0.25, 0.3) is 0 Å². The van der Waals surface area contributed by atoms with Crippen LogP contribution in [-0.2, 0) is 14.4 Å². The van der Waals surface area contributed by atoms with E-state index in [1.54, 1.807) is 30.3 Å². The number of ether oxygens (including phenoxy) is 1. The second-order valence-corrected chi connectivity index (χ2v) is 15.1. The minimum Gasteiger partial charge on any atom is -0.473 e. The molecule has 1 atom stereocenters. The van der Waals surface area contributed by atoms with Crippen LogP contribution in [0.15, 0.2) is 42.5 Å². The van der Waals surface area contributed by atoms with Crippen molar-refractivity contribution in [3.05, 3.63) is 64.7 Å². The van der Waals surface area contributed by atoms with E-state index in [0.717, 1.165) is 58.4 Å². The fourth-order valence-electron chi connectivity index (χ4n) is 7.92. The number of carbonyl (C=O) groups excluding carboxylic acids is 3. The van der Waals surface area contributed by atoms with E-state index in [1.165, 1.54) is 12.1 Å². The highest BCUT2D eigenvalue weighted by molar-refractivity contribution is 6.32. The molecule has 4 saturated heterocycles. The lowest BCUT2D eigenvalue weighted by atomic mass is 9.94. The van der Waals surface area contributed by atoms with Gasteiger partial charge in [-0.3, -0.25) is 19.7 Å². The van der Waals surface area contributed by atoms with Gasteiger partial charge in [0.1, 0.15) is 24.0 Å². The molecule has 4 aliphatic rings. The number of nitrogens with one attached hydrogen (secondary N) is 3. The van der Waals surface area contributed by atoms with E-state index in [2.05, 4.69) is 35.9 Å². The molecule has 0 radical (unpaired) electrons. The zero-order valence-electron chi connectivity index (χ0n) is 30.4. The van der Waals surface area contributed by atoms with Gasteiger partial charge < -0.3 is 30.1 Å². The summed E-state index contributed by atoms with van der Waals surface area (Å²) in [7, 11) is 0. The Bertz CT molecular complexity index is 1920. The molecule has 4 fully saturated rings. The van der Waals surface area contributed by atoms with E-state index in [-0.39, 0.29) is 52.6 Å². The third-order valence-electron chi connectivity index (χ3n) is 11.1. The summed E-state index contributed by atoms with van der Waals surface area (Å²) in [6.07, 6.45) is 5.38. The molecule has 3 aromatic rings. The van der Waals surface area contributed by atoms with E-state index in [4.69, 9.17) is 21.6 Å². The van der Waals surface area contributed by atoms with Gasteiger partial charge in [0.2, 0.25) is 23.6 Å². The average Bonchev–Trinajstić information content (AvgIpc) is 3.19. The standard InChI is InChI=1S/C39H44ClF2N9O4/c40-36-26(22-43)1-4-32(37(36)42)51-19-11-25(12-20-51)38(53)45-33-6-8-35(48-47-33)55-28-13-15-49(16-14-28)23-24-9-17-50(18-10-24)31-5-2-27(21-29(31)41)44-30-3-7-34(52)46-39(30)54/h1-2,4-6,8,21,24-25,28,30,44H,3,7,9-20,23H2,(H,45,47,53)(H,46,52,54). The van der Waals surface area contributed by atoms with E-state index in [1.807, 2.05) is 11.0 Å². The third-order valence-corrected chi connectivity index (χ3v) is 11.5. The van der Waals surface area contributed by atoms with E-state index in [0.29, 0.717) is 67.0 Å². The van der Waals surface area contributed by atoms with Crippen molar-refractivity contribution >= 4 is 52.2 Å². The Labute approximate surface area is 323 Å². The number of nitriles is 1. The van der Waals surface area contributed by atoms with Gasteiger partial charge in [0, 0.05) is 69.9 Å². The molecule has 16 heteroatoms. The van der Waals surface area contributed by atoms with Crippen LogP contribution in [0, 0.1) is 34.8 Å². The minimum absolute atomic E-state index is 0.0178. The molecule has 0 spiro atoms. The lowest BCUT2D eigenvalue weighted by Crippen LogP contribution is -2.47. The number of amides is 3. The van der Waals surface area contributed by atoms with E-state index in [9.17, 15) is 18.8 Å². The van der Waals surface area contributed by atoms with E-state index < -0.39 is 11.9 Å². The normalized spacial score (nSPS) is 20.5. The number of likely N-dealkylation sites (tertiary alicyclic amines) is 1. The lowest BCUT2D eigenvalue weighted by molar-refractivity contribution is -0.133. The number of carbonyl (C=O) groups is 3. The van der Waals surface area contributed by atoms with Crippen LogP contribution in [0.1, 0.15) is 56.9 Å². The Morgan fingerprint density at radius 1 is 0.909 bits per heavy atom. The van der Waals surface area contributed by atoms with Crippen LogP contribution in [0.5, 0.6) is 5.88 Å². The van der Waals surface area contributed by atoms with Crippen molar-refractivity contribution in [2.75, 3.05) is 66.2 Å². The number of imide groups is 1. The molecule has 1 aromatic heterocycles. The number of hydrogen-bond donors (Lipinski definition) is 3. The van der Waals surface area contributed by atoms with Gasteiger partial charge in [-0.05, 0) is 87.3 Å². The van der Waals surface area contributed by atoms with Crippen molar-refractivity contribution in [3.8, 4) is 11.9 Å². The largest absolute Gasteiger partial charge is 0.473 e. The Kier molecular flexibility index (Phi) is 11.9. The van der Waals surface area contributed by atoms with Crippen LogP contribution >= 0.6 is 11.6 Å². The molecule has 290 valence electrons. The van der Waals surface area contributed by atoms with Crippen molar-refractivity contribution in [2.24, 2.45) is 11.8 Å². The molecule has 0 bridgehead atoms. The van der Waals surface area contributed by atoms with Crippen LogP contribution in [-0.4, -0.2) is 90.8 Å². The maximum Gasteiger partial charge on any atom is 0.249 e. The number of rotatable bonds is 10. The molecular formula is C39H44ClF2N9O4. The van der Waals surface area contributed by atoms with Crippen LogP contribution in [0.2, 0.25) is 5.02 Å². The molecule has 5 heterocycles. The van der Waals surface area contributed by atoms with Crippen molar-refractivity contribution in [1.82, 2.24) is 20.4 Å². The quantitative estimate of drug-likeness (QED) is 0.235. The zero-order valence-corrected chi connectivity index (χ0v) is 31.2. The van der Waals surface area contributed by atoms with Crippen molar-refractivity contribution in [3.63, 3.8) is 0 Å². The molecule has 55 heavy (non-hydrogen) atoms. The molecule has 7 rings (SSSR count). The number of hydrogen-bond acceptors (Lipinski definition) is 11. The molecular weight excluding hydrogens is 732 g/mol. The molecule has 0 saturated carbocycles. The highest BCUT2D eigenvalue weighted by Crippen LogP contribution is 2.33. The van der Waals surface area contributed by atoms with Crippen LogP contribution in [0.4, 0.5) is 31.7 Å². The average molecular weight is 776 g/mol. The highest BCUT2D eigenvalue weighted by Gasteiger charge is 2.30. The summed E-state index contributed by atoms with van der Waals surface area (Å²) >= 11 is 6.00. The van der Waals surface area contributed by atoms with Crippen molar-refractivity contribution < 1.29 is 27.9 Å². The Hall–Kier alpha value is -5.07. The molecule has 13 nitrogen and oxygen atoms in total. The summed E-state index contributed by atoms with van der Waals surface area (Å²) in [6, 6.07) is 12.7. The first-order chi connectivity index (χ1) is 26.6. The smallest absolute Gasteiger partial charge is 0.249 e. The van der Waals surface area contributed by atoms with Crippen molar-refractivity contribution in [2.45, 2.75) is 63.5 Å². The maximum atomic E-state index is 15.1. The summed E-state index contributed by atoms with van der Waals surface area (Å²) in [5, 5.41) is 25.4. The van der Waals surface area contributed by atoms with Crippen molar-refractivity contribution in [1.29, 1.82) is 5.26 Å². The zero-order chi connectivity index (χ0) is 38.5. The summed E-state index contributed by atoms with van der Waals surface area (Å²) < 4.78 is 36.0. The van der Waals surface area contributed by atoms with Crippen LogP contribution < -0.4 is 30.5 Å². The number of halogens is 3. The third kappa shape index (κ3) is 9.25. The second kappa shape index (κ2) is 17.2. The van der Waals surface area contributed by atoms with Gasteiger partial charge in [0.05, 0.1) is 22.0 Å². The predicted molar refractivity (Wildman–Crippen MR) is 203 cm³/mol. The molecule has 2 aromatic carbocycles. The van der Waals surface area contributed by atoms with Gasteiger partial charge >= 0.3 is 0 Å². The highest BCUT2D eigenvalue weighted by atomic mass is 35.5. The number of anilines is 4. The van der Waals surface area contributed by atoms with Gasteiger partial charge in [0.15, 0.2) is 11.6 Å². The minimum atomic E-state index is -0.621. The molecule has 1 unspecified atom stereocenters. The van der Waals surface area contributed by atoms with Gasteiger partial charge in [-0.1, -0.05) is 11.6 Å². The molecule has 4 aliphatic heterocycles. The fourth-order valence-corrected chi connectivity index (χ4v) is 8.12. The molecule has 0 aliphatic carbocycles. The summed E-state index contributed by atoms with van der Waals surface area (Å²) in [5.74, 6) is -0.777. The summed E-state index contributed by atoms with van der Waals surface area (Å²) in [6.45, 7) is 5.30. The van der Waals surface area contributed by atoms with Gasteiger partial charge in [-0.25, -0.2) is 8.78 Å². The Morgan fingerprint density at radius 2 is 1.62 bits per heavy atom. The summed E-state index contributed by atoms with van der Waals surface area (Å²) in [5.41, 5.74) is 1.50. The maximum absolute atomic E-state index is 15.1. The van der Waals surface area contributed by atoms with Crippen LogP contribution in [0.3, 0.4) is 0 Å². The Balaban J connectivity index is 0.795. The number of benzene rings is 2. The monoisotopic (exact) mass is 775 g/mol. The lowest BCUT2D eigenvalue weighted by Gasteiger charge is -2.38. The fraction of sp³-hybridized carbons (Fsp3) is 0.487. The van der Waals surface area contributed by atoms with Crippen LogP contribution in [0.25, 0.3) is 0 Å². The first-order valence-corrected chi connectivity index (χ1v) is 19.3. The van der Waals surface area contributed by atoms with Gasteiger partial charge in [-0.15, -0.1) is 10.2 Å². The molecule has 3 amide bonds. The topological polar surface area (TPSA) is 156 Å². The Morgan fingerprint density at radius 3 is 2.29 bits per heavy atom. The molecule has 3 N–H and O–H groups in total. The SMILES string of the molecule is N#Cc1ccc(N2CCC(C(=O)Nc3ccc(OC4CCN(CC5CCN(c6ccc(NC7CCC(=O)NC7=O)cc6F)CC5)CC4)nn3)CC2)c(F)c1Cl. The van der Waals surface area contributed by atoms with Gasteiger partial charge in [-0.2, -0.15) is 5.26 Å². The first kappa shape index (κ1) is 38.2. The first-order valence-electron chi connectivity index (χ1n) is 18.9. The second-order valence-electron chi connectivity index (χ2n) is 14.7. The van der Waals surface area contributed by atoms with E-state index >= 15 is 4.39 Å². The number of nitrogens with zero attached hydrogens (tertiary/aromatic N) is 6. The number of aromatic nitrogens is 2. The predicted octanol–water partition coefficient (Wildman–Crippen LogP) is 5.11. The summed E-state index contributed by atoms with van der Waals surface area (Å²) in [4.78, 5) is 42.8. The number of piperidine rings is 4.